The van der Waals surface area contributed by atoms with Gasteiger partial charge in [-0.25, -0.2) is 0 Å². The van der Waals surface area contributed by atoms with Crippen LogP contribution in [0.4, 0.5) is 5.95 Å². The Hall–Kier alpha value is -1.95. The van der Waals surface area contributed by atoms with Gasteiger partial charge in [-0.05, 0) is 22.7 Å². The first-order chi connectivity index (χ1) is 10.3. The van der Waals surface area contributed by atoms with E-state index < -0.39 is 0 Å². The van der Waals surface area contributed by atoms with Crippen molar-refractivity contribution in [2.75, 3.05) is 31.1 Å². The fourth-order valence-electron chi connectivity index (χ4n) is 2.72. The minimum Gasteiger partial charge on any atom is -0.337 e. The van der Waals surface area contributed by atoms with Crippen molar-refractivity contribution >= 4 is 5.95 Å². The molecule has 1 fully saturated rings. The summed E-state index contributed by atoms with van der Waals surface area (Å²) in [5, 5.41) is 7.48. The Morgan fingerprint density at radius 1 is 1.29 bits per heavy atom. The second-order valence-corrected chi connectivity index (χ2v) is 5.68. The molecule has 3 heterocycles. The first-order valence-electron chi connectivity index (χ1n) is 7.45. The molecule has 6 heteroatoms. The van der Waals surface area contributed by atoms with Crippen LogP contribution in [0.15, 0.2) is 29.0 Å². The van der Waals surface area contributed by atoms with Gasteiger partial charge in [-0.3, -0.25) is 4.98 Å². The molecule has 112 valence electrons. The van der Waals surface area contributed by atoms with Gasteiger partial charge >= 0.3 is 0 Å². The van der Waals surface area contributed by atoms with Gasteiger partial charge in [-0.15, -0.1) is 0 Å². The van der Waals surface area contributed by atoms with Gasteiger partial charge in [-0.1, -0.05) is 19.9 Å². The molecule has 0 saturated carbocycles. The Morgan fingerprint density at radius 2 is 2.10 bits per heavy atom. The van der Waals surface area contributed by atoms with Crippen molar-refractivity contribution in [2.24, 2.45) is 5.92 Å². The quantitative estimate of drug-likeness (QED) is 0.922. The maximum atomic E-state index is 5.54. The number of hydrogen-bond acceptors (Lipinski definition) is 6. The number of piperazine rings is 1. The van der Waals surface area contributed by atoms with Crippen molar-refractivity contribution < 1.29 is 4.52 Å². The largest absolute Gasteiger partial charge is 0.337 e. The van der Waals surface area contributed by atoms with Gasteiger partial charge in [0, 0.05) is 38.6 Å². The topological polar surface area (TPSA) is 67.1 Å². The molecule has 1 N–H and O–H groups in total. The molecule has 6 nitrogen and oxygen atoms in total. The van der Waals surface area contributed by atoms with Gasteiger partial charge in [0.15, 0.2) is 0 Å². The number of hydrogen-bond donors (Lipinski definition) is 1. The Morgan fingerprint density at radius 3 is 2.76 bits per heavy atom. The SMILES string of the molecule is CC(C)C(c1cccnc1)c1nc(N2CCNCC2)no1. The molecule has 0 amide bonds. The summed E-state index contributed by atoms with van der Waals surface area (Å²) in [7, 11) is 0. The van der Waals surface area contributed by atoms with E-state index in [-0.39, 0.29) is 5.92 Å². The fourth-order valence-corrected chi connectivity index (χ4v) is 2.72. The lowest BCUT2D eigenvalue weighted by molar-refractivity contribution is 0.340. The standard InChI is InChI=1S/C15H21N5O/c1-11(2)13(12-4-3-5-17-10-12)14-18-15(19-21-14)20-8-6-16-7-9-20/h3-5,10-11,13,16H,6-9H2,1-2H3. The van der Waals surface area contributed by atoms with Gasteiger partial charge in [0.2, 0.25) is 5.89 Å². The fraction of sp³-hybridized carbons (Fsp3) is 0.533. The van der Waals surface area contributed by atoms with E-state index in [1.54, 1.807) is 6.20 Å². The molecule has 0 bridgehead atoms. The number of rotatable bonds is 4. The normalized spacial score (nSPS) is 17.2. The van der Waals surface area contributed by atoms with E-state index in [4.69, 9.17) is 4.52 Å². The molecular formula is C15H21N5O. The summed E-state index contributed by atoms with van der Waals surface area (Å²) in [4.78, 5) is 11.0. The molecule has 0 aromatic carbocycles. The van der Waals surface area contributed by atoms with Crippen LogP contribution >= 0.6 is 0 Å². The van der Waals surface area contributed by atoms with E-state index in [0.717, 1.165) is 31.7 Å². The van der Waals surface area contributed by atoms with E-state index in [1.807, 2.05) is 12.3 Å². The third kappa shape index (κ3) is 3.05. The Labute approximate surface area is 124 Å². The second-order valence-electron chi connectivity index (χ2n) is 5.68. The first kappa shape index (κ1) is 14.0. The van der Waals surface area contributed by atoms with Crippen LogP contribution in [-0.4, -0.2) is 41.3 Å². The average Bonchev–Trinajstić information content (AvgIpc) is 2.98. The van der Waals surface area contributed by atoms with Gasteiger partial charge in [0.25, 0.3) is 5.95 Å². The lowest BCUT2D eigenvalue weighted by Crippen LogP contribution is -2.44. The van der Waals surface area contributed by atoms with E-state index in [2.05, 4.69) is 45.3 Å². The van der Waals surface area contributed by atoms with Crippen LogP contribution in [0.1, 0.15) is 31.2 Å². The monoisotopic (exact) mass is 287 g/mol. The minimum absolute atomic E-state index is 0.0860. The minimum atomic E-state index is 0.0860. The third-order valence-electron chi connectivity index (χ3n) is 3.81. The highest BCUT2D eigenvalue weighted by atomic mass is 16.5. The van der Waals surface area contributed by atoms with Crippen molar-refractivity contribution in [1.82, 2.24) is 20.4 Å². The van der Waals surface area contributed by atoms with Gasteiger partial charge < -0.3 is 14.7 Å². The van der Waals surface area contributed by atoms with Crippen LogP contribution in [0.5, 0.6) is 0 Å². The number of anilines is 1. The first-order valence-corrected chi connectivity index (χ1v) is 7.45. The third-order valence-corrected chi connectivity index (χ3v) is 3.81. The smallest absolute Gasteiger partial charge is 0.266 e. The van der Waals surface area contributed by atoms with E-state index in [1.165, 1.54) is 0 Å². The summed E-state index contributed by atoms with van der Waals surface area (Å²) in [6.07, 6.45) is 3.65. The lowest BCUT2D eigenvalue weighted by Gasteiger charge is -2.25. The zero-order chi connectivity index (χ0) is 14.7. The van der Waals surface area contributed by atoms with Crippen LogP contribution in [0, 0.1) is 5.92 Å². The van der Waals surface area contributed by atoms with Crippen LogP contribution in [0.2, 0.25) is 0 Å². The summed E-state index contributed by atoms with van der Waals surface area (Å²) in [6, 6.07) is 4.00. The van der Waals surface area contributed by atoms with Gasteiger partial charge in [0.05, 0.1) is 5.92 Å². The predicted octanol–water partition coefficient (Wildman–Crippen LogP) is 1.66. The highest BCUT2D eigenvalue weighted by molar-refractivity contribution is 5.31. The predicted molar refractivity (Wildman–Crippen MR) is 80.3 cm³/mol. The van der Waals surface area contributed by atoms with Crippen LogP contribution in [-0.2, 0) is 0 Å². The van der Waals surface area contributed by atoms with Crippen LogP contribution < -0.4 is 10.2 Å². The average molecular weight is 287 g/mol. The summed E-state index contributed by atoms with van der Waals surface area (Å²) in [5.41, 5.74) is 1.11. The van der Waals surface area contributed by atoms with Crippen molar-refractivity contribution in [3.05, 3.63) is 36.0 Å². The van der Waals surface area contributed by atoms with Crippen LogP contribution in [0.3, 0.4) is 0 Å². The molecule has 3 rings (SSSR count). The molecule has 0 radical (unpaired) electrons. The van der Waals surface area contributed by atoms with Crippen LogP contribution in [0.25, 0.3) is 0 Å². The van der Waals surface area contributed by atoms with E-state index >= 15 is 0 Å². The molecule has 2 aromatic heterocycles. The Kier molecular flexibility index (Phi) is 4.15. The molecular weight excluding hydrogens is 266 g/mol. The molecule has 0 spiro atoms. The summed E-state index contributed by atoms with van der Waals surface area (Å²) < 4.78 is 5.54. The maximum absolute atomic E-state index is 5.54. The molecule has 1 aliphatic rings. The van der Waals surface area contributed by atoms with Crippen molar-refractivity contribution in [3.8, 4) is 0 Å². The zero-order valence-electron chi connectivity index (χ0n) is 12.5. The summed E-state index contributed by atoms with van der Waals surface area (Å²) >= 11 is 0. The summed E-state index contributed by atoms with van der Waals surface area (Å²) in [6.45, 7) is 8.06. The molecule has 1 aliphatic heterocycles. The molecule has 1 unspecified atom stereocenters. The van der Waals surface area contributed by atoms with Crippen molar-refractivity contribution in [1.29, 1.82) is 0 Å². The summed E-state index contributed by atoms with van der Waals surface area (Å²) in [5.74, 6) is 1.82. The van der Waals surface area contributed by atoms with Crippen molar-refractivity contribution in [3.63, 3.8) is 0 Å². The van der Waals surface area contributed by atoms with Gasteiger partial charge in [-0.2, -0.15) is 4.98 Å². The van der Waals surface area contributed by atoms with Crippen molar-refractivity contribution in [2.45, 2.75) is 19.8 Å². The maximum Gasteiger partial charge on any atom is 0.266 e. The number of aromatic nitrogens is 3. The highest BCUT2D eigenvalue weighted by Crippen LogP contribution is 2.31. The zero-order valence-corrected chi connectivity index (χ0v) is 12.5. The molecule has 0 aliphatic carbocycles. The van der Waals surface area contributed by atoms with E-state index in [0.29, 0.717) is 17.8 Å². The lowest BCUT2D eigenvalue weighted by atomic mass is 9.89. The number of nitrogens with zero attached hydrogens (tertiary/aromatic N) is 4. The van der Waals surface area contributed by atoms with Gasteiger partial charge in [0.1, 0.15) is 0 Å². The molecule has 2 aromatic rings. The number of pyridine rings is 1. The number of nitrogens with one attached hydrogen (secondary N) is 1. The second kappa shape index (κ2) is 6.22. The van der Waals surface area contributed by atoms with E-state index in [9.17, 15) is 0 Å². The Balaban J connectivity index is 1.85. The molecule has 21 heavy (non-hydrogen) atoms. The Bertz CT molecular complexity index is 562. The molecule has 1 saturated heterocycles. The molecule has 1 atom stereocenters. The highest BCUT2D eigenvalue weighted by Gasteiger charge is 2.26.